The lowest BCUT2D eigenvalue weighted by atomic mass is 9.95. The number of nitrogens with zero attached hydrogens (tertiary/aromatic N) is 1. The molecule has 0 aliphatic carbocycles. The van der Waals surface area contributed by atoms with Crippen LogP contribution in [0.1, 0.15) is 27.0 Å². The number of nitrogens with one attached hydrogen (secondary N) is 2. The molecule has 2 N–H and O–H groups in total. The van der Waals surface area contributed by atoms with Crippen molar-refractivity contribution >= 4 is 46.4 Å². The minimum atomic E-state index is -4.77. The van der Waals surface area contributed by atoms with Gasteiger partial charge in [0.15, 0.2) is 5.15 Å². The highest BCUT2D eigenvalue weighted by Gasteiger charge is 2.35. The molecule has 172 valence electrons. The minimum Gasteiger partial charge on any atom is -0.325 e. The number of carbonyl (C=O) groups excluding carboxylic acids is 2. The molecule has 3 rings (SSSR count). The molecule has 2 amide bonds. The van der Waals surface area contributed by atoms with Gasteiger partial charge in [-0.2, -0.15) is 13.2 Å². The molecular formula is C23H18Cl2F3N3O2. The average Bonchev–Trinajstić information content (AvgIpc) is 2.79. The zero-order valence-corrected chi connectivity index (χ0v) is 18.6. The van der Waals surface area contributed by atoms with Crippen molar-refractivity contribution in [2.45, 2.75) is 19.0 Å². The predicted molar refractivity (Wildman–Crippen MR) is 122 cm³/mol. The largest absolute Gasteiger partial charge is 0.416 e. The summed E-state index contributed by atoms with van der Waals surface area (Å²) in [5, 5.41) is 4.81. The number of hydrogen-bond donors (Lipinski definition) is 2. The second kappa shape index (κ2) is 10.7. The lowest BCUT2D eigenvalue weighted by Crippen LogP contribution is -2.21. The fraction of sp³-hybridized carbons (Fsp3) is 0.174. The quantitative estimate of drug-likeness (QED) is 0.313. The number of rotatable bonds is 7. The molecule has 10 heteroatoms. The normalized spacial score (nSPS) is 11.2. The van der Waals surface area contributed by atoms with Crippen molar-refractivity contribution in [2.75, 3.05) is 16.5 Å². The number of carbonyl (C=O) groups is 2. The number of amides is 2. The fourth-order valence-corrected chi connectivity index (χ4v) is 3.44. The summed E-state index contributed by atoms with van der Waals surface area (Å²) in [6, 6.07) is 13.9. The van der Waals surface area contributed by atoms with E-state index in [1.165, 1.54) is 24.4 Å². The molecule has 3 aromatic rings. The van der Waals surface area contributed by atoms with Crippen LogP contribution in [0.5, 0.6) is 0 Å². The third-order valence-electron chi connectivity index (χ3n) is 4.73. The van der Waals surface area contributed by atoms with E-state index in [0.29, 0.717) is 6.42 Å². The van der Waals surface area contributed by atoms with Gasteiger partial charge in [-0.1, -0.05) is 41.9 Å². The highest BCUT2D eigenvalue weighted by Crippen LogP contribution is 2.37. The van der Waals surface area contributed by atoms with Crippen molar-refractivity contribution in [3.63, 3.8) is 0 Å². The third kappa shape index (κ3) is 6.46. The lowest BCUT2D eigenvalue weighted by molar-refractivity contribution is -0.138. The summed E-state index contributed by atoms with van der Waals surface area (Å²) in [5.74, 6) is -1.99. The van der Waals surface area contributed by atoms with Crippen LogP contribution in [0, 0.1) is 0 Å². The highest BCUT2D eigenvalue weighted by molar-refractivity contribution is 6.32. The molecule has 0 saturated carbocycles. The van der Waals surface area contributed by atoms with Crippen molar-refractivity contribution in [1.82, 2.24) is 4.98 Å². The first-order valence-corrected chi connectivity index (χ1v) is 10.7. The Morgan fingerprint density at radius 1 is 0.939 bits per heavy atom. The fourth-order valence-electron chi connectivity index (χ4n) is 3.21. The summed E-state index contributed by atoms with van der Waals surface area (Å²) < 4.78 is 42.0. The summed E-state index contributed by atoms with van der Waals surface area (Å²) in [7, 11) is 0. The minimum absolute atomic E-state index is 0.0166. The molecule has 0 aliphatic rings. The summed E-state index contributed by atoms with van der Waals surface area (Å²) in [5.41, 5.74) is -0.635. The van der Waals surface area contributed by atoms with Crippen LogP contribution in [0.3, 0.4) is 0 Å². The first-order valence-electron chi connectivity index (χ1n) is 9.74. The van der Waals surface area contributed by atoms with Crippen LogP contribution in [0.2, 0.25) is 5.15 Å². The van der Waals surface area contributed by atoms with E-state index in [0.717, 1.165) is 11.6 Å². The Hall–Kier alpha value is -3.10. The van der Waals surface area contributed by atoms with Crippen LogP contribution >= 0.6 is 23.2 Å². The van der Waals surface area contributed by atoms with Crippen molar-refractivity contribution < 1.29 is 22.8 Å². The third-order valence-corrected chi connectivity index (χ3v) is 5.27. The number of hydrogen-bond acceptors (Lipinski definition) is 3. The zero-order chi connectivity index (χ0) is 24.0. The van der Waals surface area contributed by atoms with Gasteiger partial charge in [0.25, 0.3) is 5.91 Å². The van der Waals surface area contributed by atoms with Gasteiger partial charge in [-0.15, -0.1) is 11.6 Å². The molecule has 0 bridgehead atoms. The van der Waals surface area contributed by atoms with Crippen molar-refractivity contribution in [2.24, 2.45) is 0 Å². The Kier molecular flexibility index (Phi) is 7.94. The van der Waals surface area contributed by atoms with E-state index in [-0.39, 0.29) is 34.1 Å². The van der Waals surface area contributed by atoms with Crippen LogP contribution in [-0.2, 0) is 23.8 Å². The molecule has 0 aliphatic heterocycles. The number of halogens is 5. The number of benzene rings is 2. The Morgan fingerprint density at radius 2 is 1.67 bits per heavy atom. The maximum atomic E-state index is 14.0. The second-order valence-corrected chi connectivity index (χ2v) is 7.64. The standard InChI is InChI=1S/C23H18Cl2F3N3O2/c24-13-20(32)30-19-12-15(22(33)31-18-7-4-10-29-21(18)25)11-17(23(26,27)28)16(19)9-8-14-5-2-1-3-6-14/h1-7,10-12H,8-9,13H2,(H,30,32)(H,31,33). The monoisotopic (exact) mass is 495 g/mol. The molecule has 5 nitrogen and oxygen atoms in total. The molecule has 2 aromatic carbocycles. The summed E-state index contributed by atoms with van der Waals surface area (Å²) in [6.45, 7) is 0. The molecule has 0 unspecified atom stereocenters. The van der Waals surface area contributed by atoms with Crippen LogP contribution in [-0.4, -0.2) is 22.7 Å². The number of anilines is 2. The topological polar surface area (TPSA) is 71.1 Å². The predicted octanol–water partition coefficient (Wildman–Crippen LogP) is 5.97. The second-order valence-electron chi connectivity index (χ2n) is 7.01. The van der Waals surface area contributed by atoms with Crippen LogP contribution in [0.15, 0.2) is 60.8 Å². The summed E-state index contributed by atoms with van der Waals surface area (Å²) in [4.78, 5) is 28.5. The molecule has 0 spiro atoms. The van der Waals surface area contributed by atoms with Gasteiger partial charge >= 0.3 is 6.18 Å². The number of aromatic nitrogens is 1. The van der Waals surface area contributed by atoms with Crippen LogP contribution in [0.4, 0.5) is 24.5 Å². The maximum absolute atomic E-state index is 14.0. The van der Waals surface area contributed by atoms with Crippen LogP contribution < -0.4 is 10.6 Å². The van der Waals surface area contributed by atoms with Crippen molar-refractivity contribution in [3.8, 4) is 0 Å². The van der Waals surface area contributed by atoms with E-state index < -0.39 is 29.4 Å². The first-order chi connectivity index (χ1) is 15.7. The first kappa shape index (κ1) is 24.5. The molecule has 0 atom stereocenters. The zero-order valence-electron chi connectivity index (χ0n) is 17.0. The SMILES string of the molecule is O=C(CCl)Nc1cc(C(=O)Nc2cccnc2Cl)cc(C(F)(F)F)c1CCc1ccccc1. The van der Waals surface area contributed by atoms with Gasteiger partial charge in [0, 0.05) is 17.4 Å². The van der Waals surface area contributed by atoms with E-state index in [2.05, 4.69) is 15.6 Å². The van der Waals surface area contributed by atoms with Gasteiger partial charge in [-0.3, -0.25) is 9.59 Å². The Bertz CT molecular complexity index is 1160. The van der Waals surface area contributed by atoms with Gasteiger partial charge < -0.3 is 10.6 Å². The van der Waals surface area contributed by atoms with E-state index in [1.807, 2.05) is 0 Å². The van der Waals surface area contributed by atoms with E-state index in [1.54, 1.807) is 30.3 Å². The molecule has 33 heavy (non-hydrogen) atoms. The number of aryl methyl sites for hydroxylation is 1. The van der Waals surface area contributed by atoms with Gasteiger partial charge in [0.1, 0.15) is 5.88 Å². The highest BCUT2D eigenvalue weighted by atomic mass is 35.5. The molecule has 1 aromatic heterocycles. The van der Waals surface area contributed by atoms with Gasteiger partial charge in [-0.05, 0) is 48.2 Å². The number of pyridine rings is 1. The van der Waals surface area contributed by atoms with Gasteiger partial charge in [-0.25, -0.2) is 4.98 Å². The van der Waals surface area contributed by atoms with E-state index in [9.17, 15) is 22.8 Å². The molecule has 0 fully saturated rings. The number of alkyl halides is 4. The molecule has 0 radical (unpaired) electrons. The Balaban J connectivity index is 2.04. The van der Waals surface area contributed by atoms with Gasteiger partial charge in [0.05, 0.1) is 11.3 Å². The summed E-state index contributed by atoms with van der Waals surface area (Å²) >= 11 is 11.5. The molecule has 0 saturated heterocycles. The molecule has 1 heterocycles. The van der Waals surface area contributed by atoms with Crippen LogP contribution in [0.25, 0.3) is 0 Å². The van der Waals surface area contributed by atoms with E-state index in [4.69, 9.17) is 23.2 Å². The average molecular weight is 496 g/mol. The smallest absolute Gasteiger partial charge is 0.325 e. The lowest BCUT2D eigenvalue weighted by Gasteiger charge is -2.19. The maximum Gasteiger partial charge on any atom is 0.416 e. The molecular weight excluding hydrogens is 478 g/mol. The van der Waals surface area contributed by atoms with Crippen molar-refractivity contribution in [1.29, 1.82) is 0 Å². The summed E-state index contributed by atoms with van der Waals surface area (Å²) in [6.07, 6.45) is -3.09. The Morgan fingerprint density at radius 3 is 2.30 bits per heavy atom. The Labute approximate surface area is 197 Å². The van der Waals surface area contributed by atoms with Crippen molar-refractivity contribution in [3.05, 3.63) is 88.2 Å². The van der Waals surface area contributed by atoms with Gasteiger partial charge in [0.2, 0.25) is 5.91 Å². The van der Waals surface area contributed by atoms with E-state index >= 15 is 0 Å².